The Bertz CT molecular complexity index is 1410. The molecule has 0 heterocycles. The Morgan fingerprint density at radius 1 is 0.971 bits per heavy atom. The van der Waals surface area contributed by atoms with E-state index in [4.69, 9.17) is 25.8 Å². The molecule has 6 nitrogen and oxygen atoms in total. The third-order valence-corrected chi connectivity index (χ3v) is 6.44. The van der Waals surface area contributed by atoms with Crippen molar-refractivity contribution in [2.75, 3.05) is 14.2 Å². The Hall–Kier alpha value is -3.30. The topological polar surface area (TPSA) is 69.2 Å². The molecular weight excluding hydrogens is 579 g/mol. The number of nitrogens with one attached hydrogen (secondary N) is 1. The Labute approximate surface area is 222 Å². The largest absolute Gasteiger partial charge is 0.496 e. The number of benzene rings is 4. The van der Waals surface area contributed by atoms with Crippen LogP contribution in [0.4, 0.5) is 0 Å². The summed E-state index contributed by atoms with van der Waals surface area (Å²) in [6, 6.07) is 22.6. The van der Waals surface area contributed by atoms with Gasteiger partial charge in [-0.25, -0.2) is 5.43 Å². The van der Waals surface area contributed by atoms with Crippen molar-refractivity contribution >= 4 is 57.1 Å². The molecule has 0 bridgehead atoms. The van der Waals surface area contributed by atoms with Gasteiger partial charge in [0.05, 0.1) is 29.6 Å². The minimum Gasteiger partial charge on any atom is -0.496 e. The molecule has 0 aromatic heterocycles. The molecule has 0 spiro atoms. The summed E-state index contributed by atoms with van der Waals surface area (Å²) in [6.07, 6.45) is 1.55. The lowest BCUT2D eigenvalue weighted by atomic mass is 10.1. The maximum atomic E-state index is 12.8. The van der Waals surface area contributed by atoms with Crippen LogP contribution in [0.1, 0.15) is 21.5 Å². The zero-order chi connectivity index (χ0) is 24.8. The van der Waals surface area contributed by atoms with Crippen LogP contribution in [0.3, 0.4) is 0 Å². The van der Waals surface area contributed by atoms with Crippen LogP contribution in [-0.4, -0.2) is 26.3 Å². The van der Waals surface area contributed by atoms with Crippen LogP contribution in [0.25, 0.3) is 10.8 Å². The number of halogens is 2. The zero-order valence-corrected chi connectivity index (χ0v) is 22.0. The molecule has 0 saturated heterocycles. The monoisotopic (exact) mass is 600 g/mol. The average Bonchev–Trinajstić information content (AvgIpc) is 2.87. The number of methoxy groups -OCH3 is 2. The molecule has 35 heavy (non-hydrogen) atoms. The molecule has 0 aliphatic carbocycles. The maximum absolute atomic E-state index is 12.8. The van der Waals surface area contributed by atoms with Gasteiger partial charge in [-0.1, -0.05) is 54.1 Å². The molecule has 1 N–H and O–H groups in total. The van der Waals surface area contributed by atoms with Gasteiger partial charge >= 0.3 is 0 Å². The standard InChI is InChI=1S/C27H22ClIN2O4/c1-33-24-14-19-8-4-3-7-18(19)13-21(24)27(32)31-30-15-17-11-23(29)26(25(12-17)34-2)35-16-20-9-5-6-10-22(20)28/h3-15H,16H2,1-2H3,(H,31,32)/b30-15-. The van der Waals surface area contributed by atoms with Crippen molar-refractivity contribution in [1.29, 1.82) is 0 Å². The fourth-order valence-electron chi connectivity index (χ4n) is 3.51. The van der Waals surface area contributed by atoms with Crippen molar-refractivity contribution in [3.8, 4) is 17.2 Å². The van der Waals surface area contributed by atoms with E-state index in [1.807, 2.05) is 60.7 Å². The highest BCUT2D eigenvalue weighted by Crippen LogP contribution is 2.34. The van der Waals surface area contributed by atoms with Gasteiger partial charge in [0.15, 0.2) is 11.5 Å². The van der Waals surface area contributed by atoms with Crippen molar-refractivity contribution in [1.82, 2.24) is 5.43 Å². The fraction of sp³-hybridized carbons (Fsp3) is 0.111. The molecule has 0 atom stereocenters. The first-order valence-electron chi connectivity index (χ1n) is 10.6. The minimum atomic E-state index is -0.370. The third kappa shape index (κ3) is 5.86. The molecule has 0 fully saturated rings. The molecule has 0 unspecified atom stereocenters. The molecule has 4 aromatic carbocycles. The van der Waals surface area contributed by atoms with Crippen LogP contribution in [-0.2, 0) is 6.61 Å². The van der Waals surface area contributed by atoms with Gasteiger partial charge in [0.2, 0.25) is 0 Å². The fourth-order valence-corrected chi connectivity index (χ4v) is 4.48. The highest BCUT2D eigenvalue weighted by atomic mass is 127. The molecular formula is C27H22ClIN2O4. The second-order valence-electron chi connectivity index (χ2n) is 7.51. The van der Waals surface area contributed by atoms with E-state index in [0.717, 1.165) is 25.5 Å². The Balaban J connectivity index is 1.49. The Kier molecular flexibility index (Phi) is 8.09. The maximum Gasteiger partial charge on any atom is 0.275 e. The van der Waals surface area contributed by atoms with E-state index in [2.05, 4.69) is 33.1 Å². The van der Waals surface area contributed by atoms with Crippen molar-refractivity contribution in [2.45, 2.75) is 6.61 Å². The second-order valence-corrected chi connectivity index (χ2v) is 9.08. The van der Waals surface area contributed by atoms with E-state index in [-0.39, 0.29) is 5.91 Å². The number of hydrogen-bond acceptors (Lipinski definition) is 5. The SMILES string of the molecule is COc1cc2ccccc2cc1C(=O)N/N=C\c1cc(I)c(OCc2ccccc2Cl)c(OC)c1. The molecule has 0 saturated carbocycles. The first-order valence-corrected chi connectivity index (χ1v) is 12.1. The van der Waals surface area contributed by atoms with E-state index in [1.54, 1.807) is 25.5 Å². The highest BCUT2D eigenvalue weighted by Gasteiger charge is 2.14. The van der Waals surface area contributed by atoms with Crippen LogP contribution in [0.2, 0.25) is 5.02 Å². The van der Waals surface area contributed by atoms with Crippen LogP contribution in [0.5, 0.6) is 17.2 Å². The van der Waals surface area contributed by atoms with Crippen molar-refractivity contribution in [2.24, 2.45) is 5.10 Å². The third-order valence-electron chi connectivity index (χ3n) is 5.27. The van der Waals surface area contributed by atoms with E-state index in [9.17, 15) is 4.79 Å². The quantitative estimate of drug-likeness (QED) is 0.143. The summed E-state index contributed by atoms with van der Waals surface area (Å²) in [5.41, 5.74) is 4.59. The predicted octanol–water partition coefficient (Wildman–Crippen LogP) is 6.46. The summed E-state index contributed by atoms with van der Waals surface area (Å²) in [7, 11) is 3.11. The molecule has 8 heteroatoms. The molecule has 0 aliphatic heterocycles. The van der Waals surface area contributed by atoms with Crippen LogP contribution in [0, 0.1) is 3.57 Å². The lowest BCUT2D eigenvalue weighted by Gasteiger charge is -2.14. The van der Waals surface area contributed by atoms with Gasteiger partial charge in [-0.15, -0.1) is 0 Å². The molecule has 4 aromatic rings. The van der Waals surface area contributed by atoms with E-state index < -0.39 is 0 Å². The van der Waals surface area contributed by atoms with Crippen molar-refractivity contribution < 1.29 is 19.0 Å². The Morgan fingerprint density at radius 3 is 2.37 bits per heavy atom. The summed E-state index contributed by atoms with van der Waals surface area (Å²) in [4.78, 5) is 12.8. The number of nitrogens with zero attached hydrogens (tertiary/aromatic N) is 1. The molecule has 0 radical (unpaired) electrons. The van der Waals surface area contributed by atoms with Gasteiger partial charge in [-0.05, 0) is 69.3 Å². The van der Waals surface area contributed by atoms with Crippen molar-refractivity contribution in [3.63, 3.8) is 0 Å². The van der Waals surface area contributed by atoms with Gasteiger partial charge in [-0.3, -0.25) is 4.79 Å². The van der Waals surface area contributed by atoms with Gasteiger partial charge in [0.25, 0.3) is 5.91 Å². The lowest BCUT2D eigenvalue weighted by Crippen LogP contribution is -2.18. The number of hydrogen-bond donors (Lipinski definition) is 1. The molecule has 0 aliphatic rings. The molecule has 4 rings (SSSR count). The zero-order valence-electron chi connectivity index (χ0n) is 19.0. The first-order chi connectivity index (χ1) is 17.0. The summed E-state index contributed by atoms with van der Waals surface area (Å²) in [6.45, 7) is 0.309. The van der Waals surface area contributed by atoms with Crippen LogP contribution >= 0.6 is 34.2 Å². The van der Waals surface area contributed by atoms with Crippen molar-refractivity contribution in [3.05, 3.63) is 98.1 Å². The van der Waals surface area contributed by atoms with Gasteiger partial charge < -0.3 is 14.2 Å². The number of fused-ring (bicyclic) bond motifs is 1. The van der Waals surface area contributed by atoms with E-state index >= 15 is 0 Å². The smallest absolute Gasteiger partial charge is 0.275 e. The number of hydrazone groups is 1. The van der Waals surface area contributed by atoms with Crippen LogP contribution < -0.4 is 19.6 Å². The lowest BCUT2D eigenvalue weighted by molar-refractivity contribution is 0.0952. The minimum absolute atomic E-state index is 0.309. The van der Waals surface area contributed by atoms with Gasteiger partial charge in [-0.2, -0.15) is 5.10 Å². The van der Waals surface area contributed by atoms with Crippen LogP contribution in [0.15, 0.2) is 77.9 Å². The summed E-state index contributed by atoms with van der Waals surface area (Å²) < 4.78 is 17.8. The van der Waals surface area contributed by atoms with E-state index in [1.165, 1.54) is 7.11 Å². The summed E-state index contributed by atoms with van der Waals surface area (Å²) >= 11 is 8.41. The molecule has 178 valence electrons. The summed E-state index contributed by atoms with van der Waals surface area (Å²) in [5.74, 6) is 1.26. The average molecular weight is 601 g/mol. The number of carbonyl (C=O) groups is 1. The van der Waals surface area contributed by atoms with Gasteiger partial charge in [0, 0.05) is 10.6 Å². The molecule has 1 amide bonds. The van der Waals surface area contributed by atoms with Gasteiger partial charge in [0.1, 0.15) is 12.4 Å². The first kappa shape index (κ1) is 24.8. The Morgan fingerprint density at radius 2 is 1.66 bits per heavy atom. The normalized spacial score (nSPS) is 11.0. The number of rotatable bonds is 8. The van der Waals surface area contributed by atoms with E-state index in [0.29, 0.717) is 34.4 Å². The second kappa shape index (κ2) is 11.4. The highest BCUT2D eigenvalue weighted by molar-refractivity contribution is 14.1. The predicted molar refractivity (Wildman–Crippen MR) is 147 cm³/mol. The summed E-state index contributed by atoms with van der Waals surface area (Å²) in [5, 5.41) is 6.70. The number of carbonyl (C=O) groups excluding carboxylic acids is 1. The number of ether oxygens (including phenoxy) is 3. The number of amides is 1.